The number of carbonyl (C=O) groups is 1. The van der Waals surface area contributed by atoms with Crippen LogP contribution in [0.2, 0.25) is 5.02 Å². The molecule has 0 unspecified atom stereocenters. The number of hydrogen-bond acceptors (Lipinski definition) is 7. The molecular formula is C29H25ClN2O4S2. The minimum atomic E-state index is -0.656. The van der Waals surface area contributed by atoms with Crippen LogP contribution >= 0.6 is 34.7 Å². The van der Waals surface area contributed by atoms with Crippen molar-refractivity contribution in [1.82, 2.24) is 4.57 Å². The molecule has 0 spiro atoms. The first-order valence-corrected chi connectivity index (χ1v) is 14.4. The molecule has 0 N–H and O–H groups in total. The zero-order valence-corrected chi connectivity index (χ0v) is 23.6. The van der Waals surface area contributed by atoms with Gasteiger partial charge in [-0.25, -0.2) is 9.79 Å². The van der Waals surface area contributed by atoms with Gasteiger partial charge < -0.3 is 9.15 Å². The van der Waals surface area contributed by atoms with Gasteiger partial charge in [-0.3, -0.25) is 9.36 Å². The summed E-state index contributed by atoms with van der Waals surface area (Å²) in [6, 6.07) is 18.2. The van der Waals surface area contributed by atoms with Crippen LogP contribution in [-0.2, 0) is 9.53 Å². The van der Waals surface area contributed by atoms with E-state index >= 15 is 0 Å². The van der Waals surface area contributed by atoms with Gasteiger partial charge in [0, 0.05) is 21.6 Å². The first-order chi connectivity index (χ1) is 18.2. The second kappa shape index (κ2) is 10.8. The van der Waals surface area contributed by atoms with Gasteiger partial charge >= 0.3 is 5.97 Å². The van der Waals surface area contributed by atoms with Crippen molar-refractivity contribution in [2.75, 3.05) is 6.26 Å². The van der Waals surface area contributed by atoms with Crippen molar-refractivity contribution in [2.45, 2.75) is 37.8 Å². The molecule has 0 aliphatic carbocycles. The molecule has 4 aromatic rings. The Morgan fingerprint density at radius 1 is 1.13 bits per heavy atom. The summed E-state index contributed by atoms with van der Waals surface area (Å²) in [6.07, 6.45) is 3.41. The lowest BCUT2D eigenvalue weighted by molar-refractivity contribution is -0.143. The van der Waals surface area contributed by atoms with Crippen LogP contribution in [-0.4, -0.2) is 22.9 Å². The minimum absolute atomic E-state index is 0.250. The molecule has 2 aromatic heterocycles. The maximum absolute atomic E-state index is 13.8. The van der Waals surface area contributed by atoms with Crippen molar-refractivity contribution >= 4 is 46.7 Å². The predicted octanol–water partition coefficient (Wildman–Crippen LogP) is 5.82. The van der Waals surface area contributed by atoms with Crippen molar-refractivity contribution in [3.8, 4) is 11.3 Å². The molecular weight excluding hydrogens is 540 g/mol. The second-order valence-electron chi connectivity index (χ2n) is 9.02. The van der Waals surface area contributed by atoms with E-state index in [0.29, 0.717) is 37.1 Å². The third kappa shape index (κ3) is 5.16. The van der Waals surface area contributed by atoms with Crippen LogP contribution in [0.15, 0.2) is 91.0 Å². The summed E-state index contributed by atoms with van der Waals surface area (Å²) in [7, 11) is 0. The van der Waals surface area contributed by atoms with Crippen molar-refractivity contribution in [3.05, 3.63) is 108 Å². The molecule has 0 fully saturated rings. The molecule has 0 saturated heterocycles. The molecule has 1 aliphatic rings. The summed E-state index contributed by atoms with van der Waals surface area (Å²) < 4.78 is 13.6. The summed E-state index contributed by atoms with van der Waals surface area (Å²) in [4.78, 5) is 33.2. The van der Waals surface area contributed by atoms with E-state index in [-0.39, 0.29) is 11.7 Å². The summed E-state index contributed by atoms with van der Waals surface area (Å²) in [5, 5.41) is 0.645. The molecule has 9 heteroatoms. The maximum Gasteiger partial charge on any atom is 0.338 e. The Labute approximate surface area is 232 Å². The summed E-state index contributed by atoms with van der Waals surface area (Å²) in [5.41, 5.74) is 2.33. The first-order valence-electron chi connectivity index (χ1n) is 12.0. The van der Waals surface area contributed by atoms with Crippen LogP contribution < -0.4 is 14.9 Å². The van der Waals surface area contributed by atoms with Gasteiger partial charge in [0.25, 0.3) is 5.56 Å². The van der Waals surface area contributed by atoms with Gasteiger partial charge in [0.1, 0.15) is 11.5 Å². The Balaban J connectivity index is 1.62. The van der Waals surface area contributed by atoms with Crippen molar-refractivity contribution in [1.29, 1.82) is 0 Å². The third-order valence-corrected chi connectivity index (χ3v) is 8.02. The molecule has 6 nitrogen and oxygen atoms in total. The average Bonchev–Trinajstić information content (AvgIpc) is 3.47. The standard InChI is InChI=1S/C29H25ClN2O4S2/c1-16(2)35-28(34)25-17(3)31-29-32(26(25)19-7-12-22(37-4)13-8-19)27(33)24(38-29)15-21-11-14-23(36-21)18-5-9-20(30)10-6-18/h5-16,26H,1-4H3/b24-15+/t26-/m1/s1. The van der Waals surface area contributed by atoms with E-state index in [1.54, 1.807) is 55.3 Å². The topological polar surface area (TPSA) is 73.8 Å². The predicted molar refractivity (Wildman–Crippen MR) is 152 cm³/mol. The molecule has 1 atom stereocenters. The number of furan rings is 1. The number of thioether (sulfide) groups is 1. The lowest BCUT2D eigenvalue weighted by Gasteiger charge is -2.25. The van der Waals surface area contributed by atoms with Gasteiger partial charge in [0.05, 0.1) is 27.9 Å². The smallest absolute Gasteiger partial charge is 0.338 e. The average molecular weight is 565 g/mol. The van der Waals surface area contributed by atoms with Crippen LogP contribution in [0, 0.1) is 0 Å². The largest absolute Gasteiger partial charge is 0.459 e. The fourth-order valence-electron chi connectivity index (χ4n) is 4.29. The van der Waals surface area contributed by atoms with Gasteiger partial charge in [-0.2, -0.15) is 0 Å². The van der Waals surface area contributed by atoms with E-state index in [1.807, 2.05) is 54.8 Å². The molecule has 1 aliphatic heterocycles. The first kappa shape index (κ1) is 26.3. The Kier molecular flexibility index (Phi) is 7.47. The van der Waals surface area contributed by atoms with E-state index < -0.39 is 12.0 Å². The monoisotopic (exact) mass is 564 g/mol. The second-order valence-corrected chi connectivity index (χ2v) is 11.3. The normalized spacial score (nSPS) is 15.5. The lowest BCUT2D eigenvalue weighted by Crippen LogP contribution is -2.40. The number of hydrogen-bond donors (Lipinski definition) is 0. The van der Waals surface area contributed by atoms with Crippen LogP contribution in [0.4, 0.5) is 0 Å². The van der Waals surface area contributed by atoms with Gasteiger partial charge in [-0.05, 0) is 81.1 Å². The Bertz CT molecular complexity index is 1710. The zero-order chi connectivity index (χ0) is 27.0. The van der Waals surface area contributed by atoms with E-state index in [2.05, 4.69) is 4.99 Å². The maximum atomic E-state index is 13.8. The third-order valence-electron chi connectivity index (χ3n) is 6.04. The molecule has 5 rings (SSSR count). The SMILES string of the molecule is CSc1ccc([C@@H]2C(C(=O)OC(C)C)=C(C)N=c3s/c(=C/c4ccc(-c5ccc(Cl)cc5)o4)c(=O)n32)cc1. The molecule has 2 aromatic carbocycles. The number of ether oxygens (including phenoxy) is 1. The summed E-state index contributed by atoms with van der Waals surface area (Å²) >= 11 is 8.89. The molecule has 0 radical (unpaired) electrons. The number of fused-ring (bicyclic) bond motifs is 1. The summed E-state index contributed by atoms with van der Waals surface area (Å²) in [6.45, 7) is 5.38. The van der Waals surface area contributed by atoms with Crippen LogP contribution in [0.25, 0.3) is 17.4 Å². The van der Waals surface area contributed by atoms with Crippen molar-refractivity contribution in [2.24, 2.45) is 4.99 Å². The number of allylic oxidation sites excluding steroid dienone is 1. The van der Waals surface area contributed by atoms with Crippen LogP contribution in [0.5, 0.6) is 0 Å². The molecule has 0 amide bonds. The number of benzene rings is 2. The quantitative estimate of drug-likeness (QED) is 0.218. The minimum Gasteiger partial charge on any atom is -0.459 e. The molecule has 38 heavy (non-hydrogen) atoms. The zero-order valence-electron chi connectivity index (χ0n) is 21.2. The number of halogens is 1. The highest BCUT2D eigenvalue weighted by Crippen LogP contribution is 2.32. The number of thiazole rings is 1. The number of carbonyl (C=O) groups excluding carboxylic acids is 1. The number of aromatic nitrogens is 1. The molecule has 194 valence electrons. The van der Waals surface area contributed by atoms with E-state index in [0.717, 1.165) is 16.0 Å². The van der Waals surface area contributed by atoms with E-state index in [9.17, 15) is 9.59 Å². The Hall–Kier alpha value is -3.33. The van der Waals surface area contributed by atoms with Crippen molar-refractivity contribution < 1.29 is 13.9 Å². The highest BCUT2D eigenvalue weighted by atomic mass is 35.5. The molecule has 0 saturated carbocycles. The van der Waals surface area contributed by atoms with E-state index in [4.69, 9.17) is 20.8 Å². The number of rotatable bonds is 6. The number of esters is 1. The Morgan fingerprint density at radius 2 is 1.84 bits per heavy atom. The highest BCUT2D eigenvalue weighted by Gasteiger charge is 2.33. The van der Waals surface area contributed by atoms with Gasteiger partial charge in [-0.15, -0.1) is 11.8 Å². The summed E-state index contributed by atoms with van der Waals surface area (Å²) in [5.74, 6) is 0.728. The fourth-order valence-corrected chi connectivity index (χ4v) is 5.85. The van der Waals surface area contributed by atoms with Gasteiger partial charge in [0.2, 0.25) is 0 Å². The van der Waals surface area contributed by atoms with Gasteiger partial charge in [-0.1, -0.05) is 35.1 Å². The van der Waals surface area contributed by atoms with Gasteiger partial charge in [0.15, 0.2) is 4.80 Å². The molecule has 3 heterocycles. The fraction of sp³-hybridized carbons (Fsp3) is 0.207. The van der Waals surface area contributed by atoms with Crippen LogP contribution in [0.3, 0.4) is 0 Å². The van der Waals surface area contributed by atoms with E-state index in [1.165, 1.54) is 11.3 Å². The lowest BCUT2D eigenvalue weighted by atomic mass is 9.96. The molecule has 0 bridgehead atoms. The van der Waals surface area contributed by atoms with Crippen LogP contribution in [0.1, 0.15) is 38.1 Å². The Morgan fingerprint density at radius 3 is 2.50 bits per heavy atom. The highest BCUT2D eigenvalue weighted by molar-refractivity contribution is 7.98. The van der Waals surface area contributed by atoms with Crippen molar-refractivity contribution in [3.63, 3.8) is 0 Å². The number of nitrogens with zero attached hydrogens (tertiary/aromatic N) is 2.